The van der Waals surface area contributed by atoms with Gasteiger partial charge in [0.1, 0.15) is 11.2 Å². The number of hydrogen-bond acceptors (Lipinski definition) is 2. The molecule has 10 aromatic carbocycles. The summed E-state index contributed by atoms with van der Waals surface area (Å²) in [6, 6.07) is 91.6. The van der Waals surface area contributed by atoms with Crippen molar-refractivity contribution in [3.05, 3.63) is 293 Å². The van der Waals surface area contributed by atoms with Crippen LogP contribution in [-0.4, -0.2) is 0 Å². The molecule has 64 heavy (non-hydrogen) atoms. The zero-order valence-corrected chi connectivity index (χ0v) is 35.0. The number of para-hydroxylation sites is 1. The van der Waals surface area contributed by atoms with Crippen molar-refractivity contribution in [3.63, 3.8) is 0 Å². The molecule has 0 saturated carbocycles. The third-order valence-corrected chi connectivity index (χ3v) is 14.0. The minimum Gasteiger partial charge on any atom is -0.456 e. The Morgan fingerprint density at radius 1 is 0.312 bits per heavy atom. The molecule has 2 aliphatic carbocycles. The van der Waals surface area contributed by atoms with Gasteiger partial charge in [-0.15, -0.1) is 0 Å². The Morgan fingerprint density at radius 2 is 0.797 bits per heavy atom. The lowest BCUT2D eigenvalue weighted by molar-refractivity contribution is 0.623. The van der Waals surface area contributed by atoms with Crippen molar-refractivity contribution in [2.75, 3.05) is 4.90 Å². The molecule has 0 bridgehead atoms. The average Bonchev–Trinajstić information content (AvgIpc) is 3.90. The van der Waals surface area contributed by atoms with Gasteiger partial charge in [0.05, 0.1) is 21.9 Å². The van der Waals surface area contributed by atoms with Crippen molar-refractivity contribution in [2.24, 2.45) is 0 Å². The maximum atomic E-state index is 6.54. The highest BCUT2D eigenvalue weighted by Crippen LogP contribution is 2.65. The van der Waals surface area contributed by atoms with E-state index in [1.165, 1.54) is 66.8 Å². The molecule has 0 saturated heterocycles. The minimum atomic E-state index is -0.626. The fraction of sp³-hybridized carbons (Fsp3) is 0.0323. The van der Waals surface area contributed by atoms with E-state index in [1.54, 1.807) is 0 Å². The van der Waals surface area contributed by atoms with Crippen molar-refractivity contribution in [1.29, 1.82) is 0 Å². The van der Waals surface area contributed by atoms with Crippen LogP contribution in [-0.2, 0) is 10.8 Å². The van der Waals surface area contributed by atoms with Crippen LogP contribution < -0.4 is 4.90 Å². The Kier molecular flexibility index (Phi) is 8.07. The number of furan rings is 1. The van der Waals surface area contributed by atoms with Crippen molar-refractivity contribution in [2.45, 2.75) is 10.8 Å². The van der Waals surface area contributed by atoms with E-state index >= 15 is 0 Å². The quantitative estimate of drug-likeness (QED) is 0.166. The van der Waals surface area contributed by atoms with Gasteiger partial charge in [-0.05, 0) is 109 Å². The van der Waals surface area contributed by atoms with Gasteiger partial charge in [-0.1, -0.05) is 206 Å². The molecule has 2 nitrogen and oxygen atoms in total. The fourth-order valence-corrected chi connectivity index (χ4v) is 11.5. The largest absolute Gasteiger partial charge is 0.456 e. The maximum absolute atomic E-state index is 6.54. The summed E-state index contributed by atoms with van der Waals surface area (Å²) in [6.45, 7) is 0. The third kappa shape index (κ3) is 5.02. The molecular weight excluding hydrogens is 775 g/mol. The summed E-state index contributed by atoms with van der Waals surface area (Å²) in [5.74, 6) is 0. The van der Waals surface area contributed by atoms with E-state index in [0.29, 0.717) is 0 Å². The first-order valence-electron chi connectivity index (χ1n) is 22.2. The molecule has 1 heterocycles. The Balaban J connectivity index is 1.12. The number of anilines is 3. The number of rotatable bonds is 6. The first kappa shape index (κ1) is 36.5. The summed E-state index contributed by atoms with van der Waals surface area (Å²) in [7, 11) is 0. The second-order valence-corrected chi connectivity index (χ2v) is 17.1. The molecule has 2 heteroatoms. The fourth-order valence-electron chi connectivity index (χ4n) is 11.5. The number of benzene rings is 10. The molecule has 2 aliphatic rings. The van der Waals surface area contributed by atoms with Gasteiger partial charge in [0.25, 0.3) is 0 Å². The van der Waals surface area contributed by atoms with Gasteiger partial charge in [0, 0.05) is 16.8 Å². The monoisotopic (exact) mass is 815 g/mol. The standard InChI is InChI=1S/C62H41NO/c1-4-19-42(20-5-1)43-35-37-46(38-36-43)63(57-32-18-34-59-60(57)50-26-11-17-33-58(50)64-59)47-39-40-49-48-25-10-12-27-51(48)62(56(49)41-47)54-30-15-13-28-52(54)61(44-21-6-2-7-22-44,45-23-8-3-9-24-45)53-29-14-16-31-55(53)62/h1-41H. The predicted octanol–water partition coefficient (Wildman–Crippen LogP) is 15.8. The third-order valence-electron chi connectivity index (χ3n) is 14.0. The second-order valence-electron chi connectivity index (χ2n) is 17.1. The summed E-state index contributed by atoms with van der Waals surface area (Å²) in [5, 5.41) is 2.19. The van der Waals surface area contributed by atoms with Crippen LogP contribution in [0, 0.1) is 0 Å². The van der Waals surface area contributed by atoms with Crippen LogP contribution in [0.15, 0.2) is 253 Å². The molecule has 0 N–H and O–H groups in total. The van der Waals surface area contributed by atoms with E-state index in [0.717, 1.165) is 39.0 Å². The van der Waals surface area contributed by atoms with E-state index in [-0.39, 0.29) is 0 Å². The Labute approximate surface area is 373 Å². The van der Waals surface area contributed by atoms with Crippen LogP contribution in [0.25, 0.3) is 44.2 Å². The summed E-state index contributed by atoms with van der Waals surface area (Å²) >= 11 is 0. The smallest absolute Gasteiger partial charge is 0.137 e. The van der Waals surface area contributed by atoms with Crippen molar-refractivity contribution < 1.29 is 4.42 Å². The van der Waals surface area contributed by atoms with Crippen LogP contribution in [0.4, 0.5) is 17.1 Å². The molecule has 1 spiro atoms. The molecule has 1 aromatic heterocycles. The minimum absolute atomic E-state index is 0.569. The van der Waals surface area contributed by atoms with Crippen LogP contribution in [0.5, 0.6) is 0 Å². The van der Waals surface area contributed by atoms with Gasteiger partial charge in [-0.2, -0.15) is 0 Å². The highest BCUT2D eigenvalue weighted by atomic mass is 16.3. The van der Waals surface area contributed by atoms with Gasteiger partial charge in [-0.25, -0.2) is 0 Å². The molecule has 0 unspecified atom stereocenters. The first-order chi connectivity index (χ1) is 31.8. The SMILES string of the molecule is c1ccc(-c2ccc(N(c3ccc4c(c3)C3(c5ccccc5-4)c4ccccc4C(c4ccccc4)(c4ccccc4)c4ccccc43)c3cccc4oc5ccccc5c34)cc2)cc1. The topological polar surface area (TPSA) is 16.4 Å². The molecule has 11 aromatic rings. The van der Waals surface area contributed by atoms with Gasteiger partial charge < -0.3 is 9.32 Å². The van der Waals surface area contributed by atoms with Gasteiger partial charge in [0.15, 0.2) is 0 Å². The molecule has 0 radical (unpaired) electrons. The number of nitrogens with zero attached hydrogens (tertiary/aromatic N) is 1. The van der Waals surface area contributed by atoms with E-state index in [4.69, 9.17) is 4.42 Å². The van der Waals surface area contributed by atoms with Crippen molar-refractivity contribution in [3.8, 4) is 22.3 Å². The molecule has 300 valence electrons. The van der Waals surface area contributed by atoms with E-state index in [1.807, 2.05) is 6.07 Å². The Morgan fingerprint density at radius 3 is 1.45 bits per heavy atom. The van der Waals surface area contributed by atoms with Crippen LogP contribution in [0.3, 0.4) is 0 Å². The lowest BCUT2D eigenvalue weighted by Crippen LogP contribution is -2.44. The highest BCUT2D eigenvalue weighted by Gasteiger charge is 2.56. The lowest BCUT2D eigenvalue weighted by atomic mass is 9.51. The van der Waals surface area contributed by atoms with Gasteiger partial charge in [-0.3, -0.25) is 0 Å². The van der Waals surface area contributed by atoms with Crippen LogP contribution in [0.2, 0.25) is 0 Å². The maximum Gasteiger partial charge on any atom is 0.137 e. The van der Waals surface area contributed by atoms with Gasteiger partial charge in [0.2, 0.25) is 0 Å². The van der Waals surface area contributed by atoms with Crippen molar-refractivity contribution in [1.82, 2.24) is 0 Å². The second kappa shape index (κ2) is 14.2. The molecule has 0 atom stereocenters. The number of fused-ring (bicyclic) bond motifs is 12. The molecular formula is C62H41NO. The average molecular weight is 816 g/mol. The normalized spacial score (nSPS) is 13.9. The first-order valence-corrected chi connectivity index (χ1v) is 22.2. The van der Waals surface area contributed by atoms with E-state index < -0.39 is 10.8 Å². The van der Waals surface area contributed by atoms with Crippen LogP contribution in [0.1, 0.15) is 44.5 Å². The Hall–Kier alpha value is -8.20. The summed E-state index contributed by atoms with van der Waals surface area (Å²) < 4.78 is 6.54. The molecule has 0 amide bonds. The zero-order chi connectivity index (χ0) is 42.2. The summed E-state index contributed by atoms with van der Waals surface area (Å²) in [6.07, 6.45) is 0. The molecule has 0 fully saturated rings. The van der Waals surface area contributed by atoms with Crippen LogP contribution >= 0.6 is 0 Å². The highest BCUT2D eigenvalue weighted by molar-refractivity contribution is 6.13. The summed E-state index contributed by atoms with van der Waals surface area (Å²) in [5.41, 5.74) is 18.9. The number of hydrogen-bond donors (Lipinski definition) is 0. The molecule has 13 rings (SSSR count). The summed E-state index contributed by atoms with van der Waals surface area (Å²) in [4.78, 5) is 2.44. The van der Waals surface area contributed by atoms with E-state index in [2.05, 4.69) is 248 Å². The zero-order valence-electron chi connectivity index (χ0n) is 35.0. The van der Waals surface area contributed by atoms with Gasteiger partial charge >= 0.3 is 0 Å². The van der Waals surface area contributed by atoms with E-state index in [9.17, 15) is 0 Å². The molecule has 0 aliphatic heterocycles. The predicted molar refractivity (Wildman–Crippen MR) is 263 cm³/mol. The van der Waals surface area contributed by atoms with Crippen molar-refractivity contribution >= 4 is 39.0 Å². The Bertz CT molecular complexity index is 3460. The lowest BCUT2D eigenvalue weighted by Gasteiger charge is -2.50.